The van der Waals surface area contributed by atoms with E-state index in [4.69, 9.17) is 37.9 Å². The summed E-state index contributed by atoms with van der Waals surface area (Å²) in [4.78, 5) is 176. The monoisotopic (exact) mass is 1950 g/mol. The van der Waals surface area contributed by atoms with Gasteiger partial charge in [0, 0.05) is 160 Å². The van der Waals surface area contributed by atoms with E-state index < -0.39 is 112 Å². The van der Waals surface area contributed by atoms with Gasteiger partial charge in [-0.05, 0) is 166 Å². The Morgan fingerprint density at radius 3 is 1.04 bits per heavy atom. The van der Waals surface area contributed by atoms with Crippen molar-refractivity contribution >= 4 is 77.4 Å². The normalized spacial score (nSPS) is 33.4. The number of methoxy groups -OCH3 is 1. The van der Waals surface area contributed by atoms with Gasteiger partial charge in [-0.1, -0.05) is 71.7 Å². The van der Waals surface area contributed by atoms with Gasteiger partial charge in [0.1, 0.15) is 11.4 Å². The number of quaternary nitrogens is 1. The minimum Gasteiger partial charge on any atom is -0.550 e. The number of carbonyl (C=O) groups is 13. The maximum atomic E-state index is 12.9. The number of aliphatic carboxylic acids is 6. The summed E-state index contributed by atoms with van der Waals surface area (Å²) in [6.07, 6.45) is 11.5. The molecule has 12 bridgehead atoms. The molecule has 38 heteroatoms. The zero-order valence-electron chi connectivity index (χ0n) is 79.3. The van der Waals surface area contributed by atoms with Crippen molar-refractivity contribution in [3.05, 3.63) is 65.7 Å². The highest BCUT2D eigenvalue weighted by atomic mass is 16.6. The van der Waals surface area contributed by atoms with Gasteiger partial charge in [0.25, 0.3) is 0 Å². The Labute approximate surface area is 816 Å². The molecule has 18 heterocycles. The molecular weight excluding hydrogens is 1800 g/mol. The Morgan fingerprint density at radius 2 is 0.691 bits per heavy atom. The zero-order valence-corrected chi connectivity index (χ0v) is 79.3. The second-order valence-corrected chi connectivity index (χ2v) is 41.1. The lowest BCUT2D eigenvalue weighted by Crippen LogP contribution is -3.12. The number of benzene rings is 2. The number of hydrogen-bond donors (Lipinski definition) is 5. The first-order valence-corrected chi connectivity index (χ1v) is 49.8. The van der Waals surface area contributed by atoms with Crippen molar-refractivity contribution in [1.29, 1.82) is 0 Å². The van der Waals surface area contributed by atoms with E-state index in [9.17, 15) is 93.0 Å². The van der Waals surface area contributed by atoms with Crippen molar-refractivity contribution in [1.82, 2.24) is 49.4 Å². The van der Waals surface area contributed by atoms with Crippen molar-refractivity contribution in [2.24, 2.45) is 71.0 Å². The smallest absolute Gasteiger partial charge is 0.410 e. The molecule has 0 aliphatic carbocycles. The first-order chi connectivity index (χ1) is 65.2. The third-order valence-corrected chi connectivity index (χ3v) is 31.8. The highest BCUT2D eigenvalue weighted by Gasteiger charge is 2.62. The van der Waals surface area contributed by atoms with Gasteiger partial charge >= 0.3 is 24.0 Å². The minimum absolute atomic E-state index is 0. The molecule has 2 aromatic rings. The van der Waals surface area contributed by atoms with Gasteiger partial charge < -0.3 is 132 Å². The van der Waals surface area contributed by atoms with E-state index in [1.54, 1.807) is 26.7 Å². The molecule has 774 valence electrons. The summed E-state index contributed by atoms with van der Waals surface area (Å²) in [5.74, 6) is -13.3. The topological polar surface area (TPSA) is 471 Å². The van der Waals surface area contributed by atoms with Gasteiger partial charge in [-0.2, -0.15) is 0 Å². The van der Waals surface area contributed by atoms with Crippen molar-refractivity contribution < 1.29 is 136 Å². The van der Waals surface area contributed by atoms with E-state index in [0.29, 0.717) is 71.9 Å². The number of piperazine rings is 4. The fraction of sp³-hybridized carbons (Fsp3) is 0.752. The van der Waals surface area contributed by atoms with Gasteiger partial charge in [-0.25, -0.2) is 4.79 Å². The van der Waals surface area contributed by atoms with Crippen LogP contribution in [0.2, 0.25) is 0 Å². The summed E-state index contributed by atoms with van der Waals surface area (Å²) >= 11 is 0. The molecule has 139 heavy (non-hydrogen) atoms. The van der Waals surface area contributed by atoms with Crippen molar-refractivity contribution in [3.63, 3.8) is 0 Å². The number of amides is 7. The Hall–Kier alpha value is -9.25. The lowest BCUT2D eigenvalue weighted by atomic mass is 9.78. The molecule has 0 radical (unpaired) electrons. The minimum atomic E-state index is -1.14. The van der Waals surface area contributed by atoms with Gasteiger partial charge in [-0.3, -0.25) is 48.1 Å². The quantitative estimate of drug-likeness (QED) is 0.123. The van der Waals surface area contributed by atoms with Gasteiger partial charge in [0.2, 0.25) is 35.4 Å². The molecule has 12 unspecified atom stereocenters. The Kier molecular flexibility index (Phi) is 37.7. The Bertz CT molecular complexity index is 4520. The van der Waals surface area contributed by atoms with E-state index in [2.05, 4.69) is 58.3 Å². The molecule has 5 N–H and O–H groups in total. The predicted octanol–water partition coefficient (Wildman–Crippen LogP) is 0.881. The zero-order chi connectivity index (χ0) is 96.7. The highest BCUT2D eigenvalue weighted by molar-refractivity contribution is 5.91. The fourth-order valence-electron chi connectivity index (χ4n) is 24.5. The first kappa shape index (κ1) is 109. The fourth-order valence-corrected chi connectivity index (χ4v) is 24.5. The molecule has 0 spiro atoms. The summed E-state index contributed by atoms with van der Waals surface area (Å²) < 4.78 is 44.5. The average molecular weight is 1950 g/mol. The SMILES string of the molecule is C.C.C.CC(C)(C)OC(=O)N1CCN(C(=O)C2C(C(=O)O)[C@H]3CC[C@@H]2O3)CC1.CCN1CCN(C(=O)C2C(C(=O)[O-])[C@H]3CC[C@@H]2O3)CC1.COc1ccc(CCN2CCC(NC(=O)C3C(C(=O)O)[C@H]4CC[C@@H]3O4)CC2)cc1.C[NH+]1CCN(C(=O)C2C(C(=O)[O-])[C@H]3CC[C@@H]2O3)CC1.O=C(O)C1C(C(=O)N2CCN(Cc3ccccc3)CC2)[C@@H]2CC[C@H]1O2.O=C([O-])C1C(C(=O)N2CCCCC2)[C@@H]2CC[C@H]1O2. The van der Waals surface area contributed by atoms with Crippen molar-refractivity contribution in [2.45, 2.75) is 257 Å². The van der Waals surface area contributed by atoms with Crippen molar-refractivity contribution in [3.8, 4) is 5.75 Å². The number of hydrogen-bond acceptors (Lipinski definition) is 27. The molecule has 0 aromatic heterocycles. The maximum absolute atomic E-state index is 12.9. The first-order valence-electron chi connectivity index (χ1n) is 49.8. The number of fused-ring (bicyclic) bond motifs is 12. The van der Waals surface area contributed by atoms with E-state index in [0.717, 1.165) is 200 Å². The van der Waals surface area contributed by atoms with Crippen LogP contribution >= 0.6 is 0 Å². The number of piperidine rings is 2. The molecule has 0 saturated carbocycles. The summed E-state index contributed by atoms with van der Waals surface area (Å²) in [5.41, 5.74) is 2.01. The molecule has 24 atom stereocenters. The summed E-state index contributed by atoms with van der Waals surface area (Å²) in [7, 11) is 3.77. The Morgan fingerprint density at radius 1 is 0.374 bits per heavy atom. The molecular formula is C101H151N11O27-2. The molecule has 20 rings (SSSR count). The largest absolute Gasteiger partial charge is 0.550 e. The van der Waals surface area contributed by atoms with E-state index in [-0.39, 0.29) is 143 Å². The number of rotatable bonds is 20. The number of likely N-dealkylation sites (N-methyl/N-ethyl adjacent to an activating group) is 2. The van der Waals surface area contributed by atoms with Gasteiger partial charge in [-0.15, -0.1) is 0 Å². The van der Waals surface area contributed by atoms with E-state index in [1.165, 1.54) is 16.0 Å². The molecule has 7 amide bonds. The number of carboxylic acids is 6. The predicted molar refractivity (Wildman–Crippen MR) is 497 cm³/mol. The average Bonchev–Trinajstić information content (AvgIpc) is 1.62. The maximum Gasteiger partial charge on any atom is 0.410 e. The number of likely N-dealkylation sites (tertiary alicyclic amines) is 2. The van der Waals surface area contributed by atoms with Crippen LogP contribution < -0.4 is 30.3 Å². The van der Waals surface area contributed by atoms with Crippen LogP contribution in [0.15, 0.2) is 54.6 Å². The van der Waals surface area contributed by atoms with E-state index in [1.807, 2.05) is 60.9 Å². The molecule has 18 fully saturated rings. The van der Waals surface area contributed by atoms with Crippen LogP contribution in [0.5, 0.6) is 5.75 Å². The van der Waals surface area contributed by atoms with Crippen LogP contribution in [0, 0.1) is 71.0 Å². The van der Waals surface area contributed by atoms with Crippen molar-refractivity contribution in [2.75, 3.05) is 158 Å². The number of carboxylic acid groups (broad SMARTS) is 6. The van der Waals surface area contributed by atoms with Crippen LogP contribution in [0.3, 0.4) is 0 Å². The number of nitrogens with zero attached hydrogens (tertiary/aromatic N) is 9. The number of nitrogens with one attached hydrogen (secondary N) is 2. The molecule has 18 saturated heterocycles. The summed E-state index contributed by atoms with van der Waals surface area (Å²) in [6, 6.07) is 18.6. The lowest BCUT2D eigenvalue weighted by Gasteiger charge is -2.38. The second kappa shape index (κ2) is 48.2. The third kappa shape index (κ3) is 25.2. The van der Waals surface area contributed by atoms with Crippen LogP contribution in [0.1, 0.15) is 170 Å². The number of ether oxygens (including phenoxy) is 8. The molecule has 18 aliphatic rings. The van der Waals surface area contributed by atoms with Gasteiger partial charge in [0.15, 0.2) is 0 Å². The molecule has 18 aliphatic heterocycles. The summed E-state index contributed by atoms with van der Waals surface area (Å²) in [5, 5.41) is 65.4. The van der Waals surface area contributed by atoms with Gasteiger partial charge in [0.05, 0.1) is 167 Å². The molecule has 2 aromatic carbocycles. The van der Waals surface area contributed by atoms with E-state index >= 15 is 0 Å². The van der Waals surface area contributed by atoms with Crippen LogP contribution in [-0.4, -0.2) is 380 Å². The van der Waals surface area contributed by atoms with Crippen LogP contribution in [-0.2, 0) is 104 Å². The molecule has 38 nitrogen and oxygen atoms in total. The Balaban J connectivity index is 0.000000150. The lowest BCUT2D eigenvalue weighted by molar-refractivity contribution is -0.883. The van der Waals surface area contributed by atoms with Crippen LogP contribution in [0.4, 0.5) is 4.79 Å². The summed E-state index contributed by atoms with van der Waals surface area (Å²) in [6.45, 7) is 24.6. The van der Waals surface area contributed by atoms with Crippen LogP contribution in [0.25, 0.3) is 0 Å². The highest BCUT2D eigenvalue weighted by Crippen LogP contribution is 2.50. The second-order valence-electron chi connectivity index (χ2n) is 41.1. The standard InChI is InChI=1S/C22H30N2O5.C19H24N2O4.C17H26N2O6.C14H22N2O4.C13H20N2O4.C13H19NO4.3CH4/c1-28-16-4-2-14(3-5-16)8-11-24-12-9-15(10-13-24)23-21(25)19-17-6-7-18(29-17)20(19)22(26)27;22-18(16-14-6-7-15(25-14)17(16)19(23)24)21-10-8-20(9-11-21)12-13-4-2-1-3-5-13;1-17(2,3)25-16(23)19-8-6-18(7-9-19)14(20)12-10-4-5-11(24-10)13(12)15(21)22;1-2-15-5-7-16(8-6-15)13(17)11-9-3-4-10(20-9)12(11)14(18)19;1-14-4-6-15(7-5-14)12(16)10-8-2-3-9(19-8)11(10)13(17)18;15-12(14-6-2-1-3-7-14)10-8-4-5-9(18-8)11(10)13(16)17;;;/h2-5,15,17-20H,6-13H2,1H3,(H,23,25)(H,26,27);1-5,14-17H,6-12H2,(H,23,24);10-13H,4-9H2,1-3H3,(H,21,22);9-12H,2-8H2,1H3,(H,18,19);8-11H,2-7H2,1H3,(H,17,18);8-11H,1-7H2,(H,16,17);3*1H4/p-2/t17-,18+,19?,20?;14-,15+,16?,17?;10-,11+,12?,13?;9-,10+,11?,12?;2*8-,9+,10?,11?;;;/m000000.../s1. The number of carbonyl (C=O) groups excluding carboxylic acids is 10. The third-order valence-electron chi connectivity index (χ3n) is 31.8.